The van der Waals surface area contributed by atoms with E-state index in [9.17, 15) is 0 Å². The summed E-state index contributed by atoms with van der Waals surface area (Å²) in [6.07, 6.45) is 2.79. The van der Waals surface area contributed by atoms with Gasteiger partial charge >= 0.3 is 0 Å². The first-order valence-corrected chi connectivity index (χ1v) is 3.84. The third kappa shape index (κ3) is 0.775. The highest BCUT2D eigenvalue weighted by atomic mass is 14.9. The maximum Gasteiger partial charge on any atom is 0.0197 e. The Kier molecular flexibility index (Phi) is 1.24. The third-order valence-electron chi connectivity index (χ3n) is 2.81. The van der Waals surface area contributed by atoms with E-state index >= 15 is 0 Å². The Morgan fingerprint density at radius 1 is 1.22 bits per heavy atom. The van der Waals surface area contributed by atoms with Gasteiger partial charge in [-0.05, 0) is 31.2 Å². The van der Waals surface area contributed by atoms with Gasteiger partial charge in [-0.25, -0.2) is 0 Å². The Balaban J connectivity index is 1.98. The Bertz CT molecular complexity index is 107. The second-order valence-corrected chi connectivity index (χ2v) is 3.32. The van der Waals surface area contributed by atoms with E-state index in [1.54, 1.807) is 0 Å². The molecule has 0 spiro atoms. The monoisotopic (exact) mass is 126 g/mol. The summed E-state index contributed by atoms with van der Waals surface area (Å²) in [7, 11) is 0. The van der Waals surface area contributed by atoms with E-state index in [-0.39, 0.29) is 0 Å². The number of fused-ring (bicyclic) bond motifs is 1. The zero-order chi connectivity index (χ0) is 6.27. The van der Waals surface area contributed by atoms with Gasteiger partial charge in [0.2, 0.25) is 0 Å². The molecule has 3 atom stereocenters. The molecule has 3 N–H and O–H groups in total. The largest absolute Gasteiger partial charge is 0.326 e. The molecule has 1 saturated heterocycles. The molecule has 0 aromatic heterocycles. The third-order valence-corrected chi connectivity index (χ3v) is 2.81. The number of rotatable bonds is 0. The predicted molar refractivity (Wildman–Crippen MR) is 37.1 cm³/mol. The normalized spacial score (nSPS) is 49.7. The van der Waals surface area contributed by atoms with Gasteiger partial charge in [0, 0.05) is 12.6 Å². The van der Waals surface area contributed by atoms with Gasteiger partial charge in [-0.2, -0.15) is 0 Å². The molecule has 1 saturated carbocycles. The van der Waals surface area contributed by atoms with Gasteiger partial charge in [-0.1, -0.05) is 0 Å². The van der Waals surface area contributed by atoms with Crippen molar-refractivity contribution < 1.29 is 0 Å². The van der Waals surface area contributed by atoms with Gasteiger partial charge in [-0.15, -0.1) is 0 Å². The minimum atomic E-state index is 0.456. The van der Waals surface area contributed by atoms with Crippen LogP contribution in [-0.2, 0) is 0 Å². The van der Waals surface area contributed by atoms with Crippen molar-refractivity contribution in [2.45, 2.75) is 18.9 Å². The van der Waals surface area contributed by atoms with Crippen LogP contribution in [0.2, 0.25) is 0 Å². The van der Waals surface area contributed by atoms with E-state index < -0.39 is 0 Å². The lowest BCUT2D eigenvalue weighted by Crippen LogP contribution is -2.55. The van der Waals surface area contributed by atoms with Crippen LogP contribution >= 0.6 is 0 Å². The molecule has 2 aliphatic rings. The molecule has 3 unspecified atom stereocenters. The van der Waals surface area contributed by atoms with Crippen LogP contribution in [0.4, 0.5) is 0 Å². The lowest BCUT2D eigenvalue weighted by Gasteiger charge is -2.44. The average molecular weight is 126 g/mol. The lowest BCUT2D eigenvalue weighted by atomic mass is 9.68. The minimum Gasteiger partial charge on any atom is -0.326 e. The highest BCUT2D eigenvalue weighted by Crippen LogP contribution is 2.37. The molecule has 1 aliphatic carbocycles. The maximum atomic E-state index is 5.86. The van der Waals surface area contributed by atoms with Crippen LogP contribution in [-0.4, -0.2) is 19.1 Å². The van der Waals surface area contributed by atoms with Gasteiger partial charge in [0.05, 0.1) is 0 Å². The van der Waals surface area contributed by atoms with Crippen LogP contribution in [0.1, 0.15) is 12.8 Å². The summed E-state index contributed by atoms with van der Waals surface area (Å²) < 4.78 is 0. The van der Waals surface area contributed by atoms with E-state index in [1.165, 1.54) is 19.4 Å². The summed E-state index contributed by atoms with van der Waals surface area (Å²) in [6.45, 7) is 2.26. The molecule has 0 radical (unpaired) electrons. The van der Waals surface area contributed by atoms with Crippen molar-refractivity contribution >= 4 is 0 Å². The first-order chi connectivity index (χ1) is 4.38. The van der Waals surface area contributed by atoms with Gasteiger partial charge in [-0.3, -0.25) is 0 Å². The van der Waals surface area contributed by atoms with Crippen molar-refractivity contribution in [2.24, 2.45) is 17.6 Å². The standard InChI is InChI=1S/C7H14N2/c8-7-4-9-3-5-1-2-6(5)7/h5-7,9H,1-4,8H2. The van der Waals surface area contributed by atoms with Crippen LogP contribution in [0.15, 0.2) is 0 Å². The molecule has 9 heavy (non-hydrogen) atoms. The molecule has 0 aromatic carbocycles. The first kappa shape index (κ1) is 5.69. The predicted octanol–water partition coefficient (Wildman–Crippen LogP) is -0.0569. The van der Waals surface area contributed by atoms with E-state index in [0.717, 1.165) is 18.4 Å². The van der Waals surface area contributed by atoms with Crippen molar-refractivity contribution in [3.63, 3.8) is 0 Å². The van der Waals surface area contributed by atoms with Gasteiger partial charge in [0.15, 0.2) is 0 Å². The number of nitrogens with two attached hydrogens (primary N) is 1. The van der Waals surface area contributed by atoms with Gasteiger partial charge in [0.1, 0.15) is 0 Å². The Morgan fingerprint density at radius 3 is 2.56 bits per heavy atom. The van der Waals surface area contributed by atoms with E-state index in [2.05, 4.69) is 5.32 Å². The Hall–Kier alpha value is -0.0800. The zero-order valence-corrected chi connectivity index (χ0v) is 5.64. The fourth-order valence-corrected chi connectivity index (χ4v) is 2.00. The minimum absolute atomic E-state index is 0.456. The highest BCUT2D eigenvalue weighted by Gasteiger charge is 2.37. The van der Waals surface area contributed by atoms with Gasteiger partial charge in [0.25, 0.3) is 0 Å². The molecule has 1 heterocycles. The van der Waals surface area contributed by atoms with Crippen molar-refractivity contribution in [3.05, 3.63) is 0 Å². The molecule has 2 rings (SSSR count). The second kappa shape index (κ2) is 1.96. The van der Waals surface area contributed by atoms with Crippen molar-refractivity contribution in [2.75, 3.05) is 13.1 Å². The number of piperidine rings is 1. The highest BCUT2D eigenvalue weighted by molar-refractivity contribution is 4.93. The summed E-state index contributed by atoms with van der Waals surface area (Å²) in [5.41, 5.74) is 5.86. The molecule has 2 fully saturated rings. The molecule has 1 aliphatic heterocycles. The molecule has 2 heteroatoms. The SMILES string of the molecule is NC1CNCC2CCC12. The average Bonchev–Trinajstić information content (AvgIpc) is 1.74. The maximum absolute atomic E-state index is 5.86. The first-order valence-electron chi connectivity index (χ1n) is 3.84. The number of hydrogen-bond donors (Lipinski definition) is 2. The Morgan fingerprint density at radius 2 is 2.11 bits per heavy atom. The number of nitrogens with one attached hydrogen (secondary N) is 1. The quantitative estimate of drug-likeness (QED) is 0.477. The fourth-order valence-electron chi connectivity index (χ4n) is 2.00. The molecule has 0 aromatic rings. The van der Waals surface area contributed by atoms with Crippen LogP contribution in [0.25, 0.3) is 0 Å². The van der Waals surface area contributed by atoms with Crippen molar-refractivity contribution in [1.82, 2.24) is 5.32 Å². The summed E-state index contributed by atoms with van der Waals surface area (Å²) >= 11 is 0. The Labute approximate surface area is 55.8 Å². The molecule has 2 nitrogen and oxygen atoms in total. The van der Waals surface area contributed by atoms with E-state index in [0.29, 0.717) is 6.04 Å². The topological polar surface area (TPSA) is 38.0 Å². The van der Waals surface area contributed by atoms with Crippen LogP contribution in [0.5, 0.6) is 0 Å². The molecule has 0 amide bonds. The summed E-state index contributed by atoms with van der Waals surface area (Å²) in [5, 5.41) is 3.34. The smallest absolute Gasteiger partial charge is 0.0197 e. The van der Waals surface area contributed by atoms with Crippen LogP contribution < -0.4 is 11.1 Å². The summed E-state index contributed by atoms with van der Waals surface area (Å²) in [4.78, 5) is 0. The molecule has 0 bridgehead atoms. The van der Waals surface area contributed by atoms with Crippen molar-refractivity contribution in [1.29, 1.82) is 0 Å². The fraction of sp³-hybridized carbons (Fsp3) is 1.00. The second-order valence-electron chi connectivity index (χ2n) is 3.32. The summed E-state index contributed by atoms with van der Waals surface area (Å²) in [6, 6.07) is 0.456. The van der Waals surface area contributed by atoms with Crippen LogP contribution in [0, 0.1) is 11.8 Å². The van der Waals surface area contributed by atoms with Crippen LogP contribution in [0.3, 0.4) is 0 Å². The molecular weight excluding hydrogens is 112 g/mol. The van der Waals surface area contributed by atoms with Gasteiger partial charge < -0.3 is 11.1 Å². The van der Waals surface area contributed by atoms with E-state index in [1.807, 2.05) is 0 Å². The summed E-state index contributed by atoms with van der Waals surface area (Å²) in [5.74, 6) is 1.79. The number of hydrogen-bond acceptors (Lipinski definition) is 2. The zero-order valence-electron chi connectivity index (χ0n) is 5.64. The lowest BCUT2D eigenvalue weighted by molar-refractivity contribution is 0.107. The van der Waals surface area contributed by atoms with Crippen molar-refractivity contribution in [3.8, 4) is 0 Å². The molecular formula is C7H14N2. The van der Waals surface area contributed by atoms with E-state index in [4.69, 9.17) is 5.73 Å². The molecule has 52 valence electrons.